The van der Waals surface area contributed by atoms with Crippen molar-refractivity contribution in [1.82, 2.24) is 4.98 Å². The van der Waals surface area contributed by atoms with E-state index in [1.54, 1.807) is 35.2 Å². The van der Waals surface area contributed by atoms with Crippen LogP contribution in [0.1, 0.15) is 29.7 Å². The monoisotopic (exact) mass is 267 g/mol. The van der Waals surface area contributed by atoms with E-state index in [0.29, 0.717) is 5.92 Å². The smallest absolute Gasteiger partial charge is 0.123 e. The molecule has 1 aromatic heterocycles. The lowest BCUT2D eigenvalue weighted by Gasteiger charge is -1.99. The molecule has 0 N–H and O–H groups in total. The Morgan fingerprint density at radius 3 is 2.59 bits per heavy atom. The third kappa shape index (κ3) is 3.54. The van der Waals surface area contributed by atoms with Crippen molar-refractivity contribution in [2.45, 2.75) is 30.4 Å². The van der Waals surface area contributed by atoms with Crippen LogP contribution in [0.2, 0.25) is 0 Å². The molecule has 0 bridgehead atoms. The summed E-state index contributed by atoms with van der Waals surface area (Å²) < 4.78 is 12.7. The molecule has 0 spiro atoms. The Morgan fingerprint density at radius 1 is 1.29 bits per heavy atom. The Labute approximate surface area is 109 Å². The number of benzene rings is 1. The Balaban J connectivity index is 1.95. The van der Waals surface area contributed by atoms with Crippen LogP contribution >= 0.6 is 23.1 Å². The predicted molar refractivity (Wildman–Crippen MR) is 72.2 cm³/mol. The maximum Gasteiger partial charge on any atom is 0.123 e. The van der Waals surface area contributed by atoms with Crippen LogP contribution in [0.3, 0.4) is 0 Å². The average Bonchev–Trinajstić information content (AvgIpc) is 2.77. The molecule has 0 saturated heterocycles. The number of aromatic nitrogens is 1. The van der Waals surface area contributed by atoms with Crippen molar-refractivity contribution in [2.75, 3.05) is 0 Å². The fourth-order valence-corrected chi connectivity index (χ4v) is 3.16. The Morgan fingerprint density at radius 2 is 2.00 bits per heavy atom. The van der Waals surface area contributed by atoms with Crippen LogP contribution < -0.4 is 0 Å². The van der Waals surface area contributed by atoms with Gasteiger partial charge in [-0.15, -0.1) is 23.1 Å². The van der Waals surface area contributed by atoms with E-state index in [4.69, 9.17) is 0 Å². The minimum Gasteiger partial charge on any atom is -0.248 e. The first kappa shape index (κ1) is 12.6. The number of rotatable bonds is 4. The van der Waals surface area contributed by atoms with Gasteiger partial charge in [-0.3, -0.25) is 0 Å². The molecule has 1 heterocycles. The number of hydrogen-bond acceptors (Lipinski definition) is 3. The van der Waals surface area contributed by atoms with Crippen LogP contribution in [-0.4, -0.2) is 4.98 Å². The third-order valence-electron chi connectivity index (χ3n) is 2.32. The molecule has 2 aromatic rings. The number of thioether (sulfide) groups is 1. The largest absolute Gasteiger partial charge is 0.248 e. The van der Waals surface area contributed by atoms with Crippen LogP contribution in [0.15, 0.2) is 35.4 Å². The highest BCUT2D eigenvalue weighted by molar-refractivity contribution is 7.98. The molecule has 0 aliphatic rings. The second-order valence-electron chi connectivity index (χ2n) is 4.05. The highest BCUT2D eigenvalue weighted by atomic mass is 32.2. The summed E-state index contributed by atoms with van der Waals surface area (Å²) in [6.07, 6.45) is 1.95. The normalized spacial score (nSPS) is 11.1. The van der Waals surface area contributed by atoms with Gasteiger partial charge in [0.05, 0.1) is 5.75 Å². The topological polar surface area (TPSA) is 12.9 Å². The van der Waals surface area contributed by atoms with Crippen molar-refractivity contribution in [3.8, 4) is 0 Å². The third-order valence-corrected chi connectivity index (χ3v) is 4.82. The lowest BCUT2D eigenvalue weighted by atomic mass is 10.2. The molecular weight excluding hydrogens is 253 g/mol. The molecule has 0 fully saturated rings. The van der Waals surface area contributed by atoms with Gasteiger partial charge in [-0.05, 0) is 30.2 Å². The summed E-state index contributed by atoms with van der Waals surface area (Å²) in [7, 11) is 0. The van der Waals surface area contributed by atoms with Crippen molar-refractivity contribution in [1.29, 1.82) is 0 Å². The highest BCUT2D eigenvalue weighted by Gasteiger charge is 2.05. The summed E-state index contributed by atoms with van der Waals surface area (Å²) in [5.41, 5.74) is 0. The van der Waals surface area contributed by atoms with Gasteiger partial charge in [0.2, 0.25) is 0 Å². The van der Waals surface area contributed by atoms with Crippen LogP contribution in [0.4, 0.5) is 4.39 Å². The molecule has 1 nitrogen and oxygen atoms in total. The number of thiazole rings is 1. The van der Waals surface area contributed by atoms with Crippen LogP contribution in [0.25, 0.3) is 0 Å². The van der Waals surface area contributed by atoms with Gasteiger partial charge in [0, 0.05) is 16.0 Å². The number of nitrogens with zero attached hydrogens (tertiary/aromatic N) is 1. The SMILES string of the molecule is CC(C)c1cnc(CSc2ccc(F)cc2)s1. The van der Waals surface area contributed by atoms with E-state index in [9.17, 15) is 4.39 Å². The molecular formula is C13H14FNS2. The van der Waals surface area contributed by atoms with Crippen LogP contribution in [-0.2, 0) is 5.75 Å². The van der Waals surface area contributed by atoms with Gasteiger partial charge in [0.1, 0.15) is 10.8 Å². The Bertz CT molecular complexity index is 476. The number of halogens is 1. The molecule has 0 radical (unpaired) electrons. The summed E-state index contributed by atoms with van der Waals surface area (Å²) in [4.78, 5) is 6.79. The molecule has 0 unspecified atom stereocenters. The summed E-state index contributed by atoms with van der Waals surface area (Å²) in [6, 6.07) is 6.58. The van der Waals surface area contributed by atoms with Gasteiger partial charge in [0.15, 0.2) is 0 Å². The minimum absolute atomic E-state index is 0.189. The average molecular weight is 267 g/mol. The summed E-state index contributed by atoms with van der Waals surface area (Å²) >= 11 is 3.45. The van der Waals surface area contributed by atoms with E-state index < -0.39 is 0 Å². The zero-order valence-corrected chi connectivity index (χ0v) is 11.4. The number of hydrogen-bond donors (Lipinski definition) is 0. The molecule has 4 heteroatoms. The first-order chi connectivity index (χ1) is 8.15. The van der Waals surface area contributed by atoms with E-state index in [-0.39, 0.29) is 5.82 Å². The van der Waals surface area contributed by atoms with Crippen LogP contribution in [0, 0.1) is 5.82 Å². The quantitative estimate of drug-likeness (QED) is 0.745. The van der Waals surface area contributed by atoms with Crippen molar-refractivity contribution in [3.05, 3.63) is 46.2 Å². The fourth-order valence-electron chi connectivity index (χ4n) is 1.33. The second kappa shape index (κ2) is 5.65. The molecule has 0 amide bonds. The van der Waals surface area contributed by atoms with E-state index in [2.05, 4.69) is 18.8 Å². The standard InChI is InChI=1S/C13H14FNS2/c1-9(2)12-7-15-13(17-12)8-16-11-5-3-10(14)4-6-11/h3-7,9H,8H2,1-2H3. The molecule has 0 saturated carbocycles. The van der Waals surface area contributed by atoms with Crippen LogP contribution in [0.5, 0.6) is 0 Å². The van der Waals surface area contributed by atoms with E-state index >= 15 is 0 Å². The zero-order chi connectivity index (χ0) is 12.3. The molecule has 90 valence electrons. The van der Waals surface area contributed by atoms with E-state index in [1.807, 2.05) is 6.20 Å². The molecule has 0 atom stereocenters. The van der Waals surface area contributed by atoms with Gasteiger partial charge in [0.25, 0.3) is 0 Å². The highest BCUT2D eigenvalue weighted by Crippen LogP contribution is 2.28. The summed E-state index contributed by atoms with van der Waals surface area (Å²) in [5, 5.41) is 1.13. The van der Waals surface area contributed by atoms with Crippen molar-refractivity contribution in [3.63, 3.8) is 0 Å². The molecule has 0 aliphatic carbocycles. The lowest BCUT2D eigenvalue weighted by Crippen LogP contribution is -1.78. The second-order valence-corrected chi connectivity index (χ2v) is 6.25. The fraction of sp³-hybridized carbons (Fsp3) is 0.308. The van der Waals surface area contributed by atoms with Gasteiger partial charge < -0.3 is 0 Å². The molecule has 2 rings (SSSR count). The Kier molecular flexibility index (Phi) is 4.18. The maximum absolute atomic E-state index is 12.7. The molecule has 0 aliphatic heterocycles. The first-order valence-electron chi connectivity index (χ1n) is 5.48. The first-order valence-corrected chi connectivity index (χ1v) is 7.28. The lowest BCUT2D eigenvalue weighted by molar-refractivity contribution is 0.626. The summed E-state index contributed by atoms with van der Waals surface area (Å²) in [6.45, 7) is 4.34. The van der Waals surface area contributed by atoms with Gasteiger partial charge in [-0.25, -0.2) is 9.37 Å². The van der Waals surface area contributed by atoms with E-state index in [1.165, 1.54) is 17.0 Å². The molecule has 17 heavy (non-hydrogen) atoms. The maximum atomic E-state index is 12.7. The van der Waals surface area contributed by atoms with E-state index in [0.717, 1.165) is 15.7 Å². The van der Waals surface area contributed by atoms with Gasteiger partial charge >= 0.3 is 0 Å². The Hall–Kier alpha value is -0.870. The summed E-state index contributed by atoms with van der Waals surface area (Å²) in [5.74, 6) is 1.20. The van der Waals surface area contributed by atoms with Crippen molar-refractivity contribution >= 4 is 23.1 Å². The predicted octanol–water partition coefficient (Wildman–Crippen LogP) is 4.70. The minimum atomic E-state index is -0.189. The molecule has 1 aromatic carbocycles. The zero-order valence-electron chi connectivity index (χ0n) is 9.81. The van der Waals surface area contributed by atoms with Gasteiger partial charge in [-0.2, -0.15) is 0 Å². The van der Waals surface area contributed by atoms with Gasteiger partial charge in [-0.1, -0.05) is 13.8 Å². The van der Waals surface area contributed by atoms with Crippen molar-refractivity contribution < 1.29 is 4.39 Å². The van der Waals surface area contributed by atoms with Crippen molar-refractivity contribution in [2.24, 2.45) is 0 Å².